The fourth-order valence-corrected chi connectivity index (χ4v) is 3.73. The number of carbonyl (C=O) groups is 2. The molecule has 0 saturated heterocycles. The van der Waals surface area contributed by atoms with Gasteiger partial charge in [0.15, 0.2) is 0 Å². The molecule has 0 saturated carbocycles. The predicted octanol–water partition coefficient (Wildman–Crippen LogP) is 5.11. The molecular formula is C17H10ClF2NO4S. The van der Waals surface area contributed by atoms with E-state index in [1.165, 1.54) is 36.4 Å². The normalized spacial score (nSPS) is 10.9. The SMILES string of the molecule is O=C(O)c1cccc(NC(=O)c2sc3cc(OC(F)F)ccc3c2Cl)c1. The van der Waals surface area contributed by atoms with E-state index in [1.807, 2.05) is 0 Å². The minimum Gasteiger partial charge on any atom is -0.478 e. The number of anilines is 1. The first-order valence-electron chi connectivity index (χ1n) is 7.16. The Bertz CT molecular complexity index is 1010. The van der Waals surface area contributed by atoms with Gasteiger partial charge >= 0.3 is 12.6 Å². The first kappa shape index (κ1) is 18.1. The summed E-state index contributed by atoms with van der Waals surface area (Å²) in [6.07, 6.45) is 0. The van der Waals surface area contributed by atoms with Crippen molar-refractivity contribution < 1.29 is 28.2 Å². The molecule has 2 aromatic carbocycles. The third-order valence-corrected chi connectivity index (χ3v) is 5.06. The zero-order chi connectivity index (χ0) is 18.8. The van der Waals surface area contributed by atoms with E-state index in [1.54, 1.807) is 6.07 Å². The van der Waals surface area contributed by atoms with E-state index >= 15 is 0 Å². The largest absolute Gasteiger partial charge is 0.478 e. The highest BCUT2D eigenvalue weighted by Gasteiger charge is 2.18. The van der Waals surface area contributed by atoms with Crippen LogP contribution in [0, 0.1) is 0 Å². The Labute approximate surface area is 154 Å². The highest BCUT2D eigenvalue weighted by atomic mass is 35.5. The molecule has 0 fully saturated rings. The van der Waals surface area contributed by atoms with Crippen molar-refractivity contribution in [3.63, 3.8) is 0 Å². The van der Waals surface area contributed by atoms with Crippen LogP contribution in [0.5, 0.6) is 5.75 Å². The summed E-state index contributed by atoms with van der Waals surface area (Å²) in [7, 11) is 0. The van der Waals surface area contributed by atoms with Crippen LogP contribution in [0.4, 0.5) is 14.5 Å². The van der Waals surface area contributed by atoms with E-state index < -0.39 is 18.5 Å². The molecule has 0 aliphatic carbocycles. The maximum Gasteiger partial charge on any atom is 0.387 e. The lowest BCUT2D eigenvalue weighted by Crippen LogP contribution is -2.11. The third-order valence-electron chi connectivity index (χ3n) is 3.40. The van der Waals surface area contributed by atoms with Gasteiger partial charge in [-0.3, -0.25) is 4.79 Å². The van der Waals surface area contributed by atoms with Crippen molar-refractivity contribution in [2.45, 2.75) is 6.61 Å². The molecule has 0 aliphatic rings. The molecule has 0 aliphatic heterocycles. The predicted molar refractivity (Wildman–Crippen MR) is 94.8 cm³/mol. The smallest absolute Gasteiger partial charge is 0.387 e. The summed E-state index contributed by atoms with van der Waals surface area (Å²) >= 11 is 7.24. The van der Waals surface area contributed by atoms with Gasteiger partial charge < -0.3 is 15.2 Å². The molecule has 1 amide bonds. The van der Waals surface area contributed by atoms with Crippen molar-refractivity contribution in [2.24, 2.45) is 0 Å². The molecule has 26 heavy (non-hydrogen) atoms. The second kappa shape index (κ2) is 7.27. The van der Waals surface area contributed by atoms with Gasteiger partial charge in [0.25, 0.3) is 5.91 Å². The number of amides is 1. The zero-order valence-electron chi connectivity index (χ0n) is 12.8. The molecule has 5 nitrogen and oxygen atoms in total. The summed E-state index contributed by atoms with van der Waals surface area (Å²) in [5, 5.41) is 12.3. The number of hydrogen-bond donors (Lipinski definition) is 2. The summed E-state index contributed by atoms with van der Waals surface area (Å²) in [5.74, 6) is -1.69. The molecule has 134 valence electrons. The van der Waals surface area contributed by atoms with E-state index in [9.17, 15) is 18.4 Å². The van der Waals surface area contributed by atoms with Gasteiger partial charge in [0.1, 0.15) is 10.6 Å². The average molecular weight is 398 g/mol. The number of hydrogen-bond acceptors (Lipinski definition) is 4. The maximum absolute atomic E-state index is 12.5. The summed E-state index contributed by atoms with van der Waals surface area (Å²) in [4.78, 5) is 23.6. The quantitative estimate of drug-likeness (QED) is 0.627. The first-order valence-corrected chi connectivity index (χ1v) is 8.36. The maximum atomic E-state index is 12.5. The van der Waals surface area contributed by atoms with Gasteiger partial charge in [-0.2, -0.15) is 8.78 Å². The van der Waals surface area contributed by atoms with Gasteiger partial charge in [-0.1, -0.05) is 17.7 Å². The van der Waals surface area contributed by atoms with Crippen LogP contribution >= 0.6 is 22.9 Å². The number of thiophene rings is 1. The fourth-order valence-electron chi connectivity index (χ4n) is 2.29. The molecule has 1 heterocycles. The van der Waals surface area contributed by atoms with Crippen LogP contribution in [-0.2, 0) is 0 Å². The average Bonchev–Trinajstić information content (AvgIpc) is 2.91. The van der Waals surface area contributed by atoms with E-state index in [4.69, 9.17) is 16.7 Å². The Morgan fingerprint density at radius 2 is 1.96 bits per heavy atom. The van der Waals surface area contributed by atoms with Crippen molar-refractivity contribution in [2.75, 3.05) is 5.32 Å². The highest BCUT2D eigenvalue weighted by Crippen LogP contribution is 2.37. The van der Waals surface area contributed by atoms with E-state index in [0.29, 0.717) is 15.8 Å². The molecule has 1 aromatic heterocycles. The summed E-state index contributed by atoms with van der Waals surface area (Å²) in [5.41, 5.74) is 0.323. The Kier molecular flexibility index (Phi) is 5.06. The Morgan fingerprint density at radius 1 is 1.19 bits per heavy atom. The van der Waals surface area contributed by atoms with Crippen molar-refractivity contribution in [1.82, 2.24) is 0 Å². The van der Waals surface area contributed by atoms with Crippen LogP contribution in [0.2, 0.25) is 5.02 Å². The summed E-state index contributed by atoms with van der Waals surface area (Å²) < 4.78 is 29.5. The van der Waals surface area contributed by atoms with Crippen LogP contribution in [0.25, 0.3) is 10.1 Å². The van der Waals surface area contributed by atoms with Crippen molar-refractivity contribution >= 4 is 50.6 Å². The molecule has 0 unspecified atom stereocenters. The lowest BCUT2D eigenvalue weighted by molar-refractivity contribution is -0.0497. The molecule has 3 aromatic rings. The van der Waals surface area contributed by atoms with E-state index in [0.717, 1.165) is 11.3 Å². The number of halogens is 3. The van der Waals surface area contributed by atoms with Crippen LogP contribution in [0.1, 0.15) is 20.0 Å². The minimum absolute atomic E-state index is 0.0269. The second-order valence-corrected chi connectivity index (χ2v) is 6.55. The molecule has 0 radical (unpaired) electrons. The van der Waals surface area contributed by atoms with Crippen LogP contribution in [0.15, 0.2) is 42.5 Å². The van der Waals surface area contributed by atoms with Crippen LogP contribution in [0.3, 0.4) is 0 Å². The molecule has 0 bridgehead atoms. The Hall–Kier alpha value is -2.71. The van der Waals surface area contributed by atoms with Crippen molar-refractivity contribution in [3.05, 3.63) is 57.9 Å². The topological polar surface area (TPSA) is 75.6 Å². The number of benzene rings is 2. The zero-order valence-corrected chi connectivity index (χ0v) is 14.4. The minimum atomic E-state index is -2.95. The standard InChI is InChI=1S/C17H10ClF2NO4S/c18-13-11-5-4-10(25-17(19)20)7-12(11)26-14(13)15(22)21-9-3-1-2-8(6-9)16(23)24/h1-7,17H,(H,21,22)(H,23,24). The summed E-state index contributed by atoms with van der Waals surface area (Å²) in [6.45, 7) is -2.95. The number of carboxylic acid groups (broad SMARTS) is 1. The molecule has 9 heteroatoms. The highest BCUT2D eigenvalue weighted by molar-refractivity contribution is 7.21. The van der Waals surface area contributed by atoms with Gasteiger partial charge in [0.2, 0.25) is 0 Å². The van der Waals surface area contributed by atoms with Gasteiger partial charge in [-0.15, -0.1) is 11.3 Å². The Balaban J connectivity index is 1.89. The molecule has 2 N–H and O–H groups in total. The van der Waals surface area contributed by atoms with Gasteiger partial charge in [0, 0.05) is 15.8 Å². The molecule has 0 spiro atoms. The fraction of sp³-hybridized carbons (Fsp3) is 0.0588. The number of carbonyl (C=O) groups excluding carboxylic acids is 1. The number of fused-ring (bicyclic) bond motifs is 1. The summed E-state index contributed by atoms with van der Waals surface area (Å²) in [6, 6.07) is 9.96. The molecule has 3 rings (SSSR count). The van der Waals surface area contributed by atoms with Crippen molar-refractivity contribution in [3.8, 4) is 5.75 Å². The number of rotatable bonds is 5. The monoisotopic (exact) mass is 397 g/mol. The van der Waals surface area contributed by atoms with Gasteiger partial charge in [-0.05, 0) is 36.4 Å². The second-order valence-electron chi connectivity index (χ2n) is 5.12. The number of nitrogens with one attached hydrogen (secondary N) is 1. The first-order chi connectivity index (χ1) is 12.3. The number of aromatic carboxylic acids is 1. The Morgan fingerprint density at radius 3 is 2.65 bits per heavy atom. The van der Waals surface area contributed by atoms with Gasteiger partial charge in [-0.25, -0.2) is 4.79 Å². The van der Waals surface area contributed by atoms with Crippen LogP contribution < -0.4 is 10.1 Å². The van der Waals surface area contributed by atoms with E-state index in [-0.39, 0.29) is 21.2 Å². The molecule has 0 atom stereocenters. The number of alkyl halides is 2. The number of carboxylic acids is 1. The van der Waals surface area contributed by atoms with E-state index in [2.05, 4.69) is 10.1 Å². The lowest BCUT2D eigenvalue weighted by atomic mass is 10.2. The number of ether oxygens (including phenoxy) is 1. The van der Waals surface area contributed by atoms with Crippen molar-refractivity contribution in [1.29, 1.82) is 0 Å². The molecular weight excluding hydrogens is 388 g/mol. The van der Waals surface area contributed by atoms with Crippen LogP contribution in [-0.4, -0.2) is 23.6 Å². The lowest BCUT2D eigenvalue weighted by Gasteiger charge is -2.05. The third kappa shape index (κ3) is 3.76. The van der Waals surface area contributed by atoms with Gasteiger partial charge in [0.05, 0.1) is 10.6 Å².